The topological polar surface area (TPSA) is 30.5 Å². The zero-order valence-electron chi connectivity index (χ0n) is 11.1. The maximum atomic E-state index is 5.54. The van der Waals surface area contributed by atoms with Gasteiger partial charge in [-0.2, -0.15) is 0 Å². The molecule has 1 aliphatic rings. The molecule has 1 saturated carbocycles. The third-order valence-corrected chi connectivity index (χ3v) is 3.41. The molecule has 3 heteroatoms. The molecular formula is C13H27NO2. The fraction of sp³-hybridized carbons (Fsp3) is 1.00. The highest BCUT2D eigenvalue weighted by atomic mass is 16.5. The first-order valence-corrected chi connectivity index (χ1v) is 6.52. The van der Waals surface area contributed by atoms with Gasteiger partial charge in [-0.1, -0.05) is 13.8 Å². The predicted octanol–water partition coefficient (Wildman–Crippen LogP) is 2.21. The molecule has 0 aliphatic heterocycles. The lowest BCUT2D eigenvalue weighted by atomic mass is 9.80. The van der Waals surface area contributed by atoms with E-state index in [9.17, 15) is 0 Å². The molecule has 0 bridgehead atoms. The van der Waals surface area contributed by atoms with Crippen molar-refractivity contribution in [2.75, 3.05) is 33.4 Å². The first-order valence-electron chi connectivity index (χ1n) is 6.52. The van der Waals surface area contributed by atoms with Crippen molar-refractivity contribution in [1.29, 1.82) is 0 Å². The zero-order valence-corrected chi connectivity index (χ0v) is 11.1. The van der Waals surface area contributed by atoms with Crippen molar-refractivity contribution >= 4 is 0 Å². The van der Waals surface area contributed by atoms with Gasteiger partial charge in [-0.05, 0) is 31.6 Å². The van der Waals surface area contributed by atoms with Crippen LogP contribution in [0, 0.1) is 5.92 Å². The van der Waals surface area contributed by atoms with Crippen molar-refractivity contribution in [3.8, 4) is 0 Å². The molecule has 96 valence electrons. The molecule has 3 nitrogen and oxygen atoms in total. The van der Waals surface area contributed by atoms with E-state index in [1.807, 2.05) is 7.11 Å². The molecule has 0 saturated heterocycles. The lowest BCUT2D eigenvalue weighted by Crippen LogP contribution is -2.48. The molecule has 0 spiro atoms. The lowest BCUT2D eigenvalue weighted by molar-refractivity contribution is -0.0699. The molecule has 0 atom stereocenters. The van der Waals surface area contributed by atoms with Crippen molar-refractivity contribution in [3.05, 3.63) is 0 Å². The lowest BCUT2D eigenvalue weighted by Gasteiger charge is -2.40. The average Bonchev–Trinajstić information content (AvgIpc) is 2.19. The molecule has 1 fully saturated rings. The van der Waals surface area contributed by atoms with Crippen LogP contribution < -0.4 is 5.32 Å². The van der Waals surface area contributed by atoms with Crippen LogP contribution >= 0.6 is 0 Å². The second-order valence-electron chi connectivity index (χ2n) is 5.21. The van der Waals surface area contributed by atoms with Gasteiger partial charge in [0.1, 0.15) is 0 Å². The number of ether oxygens (including phenoxy) is 2. The molecule has 0 aromatic carbocycles. The van der Waals surface area contributed by atoms with E-state index in [4.69, 9.17) is 9.47 Å². The van der Waals surface area contributed by atoms with Crippen LogP contribution in [0.1, 0.15) is 39.5 Å². The third-order valence-electron chi connectivity index (χ3n) is 3.41. The quantitative estimate of drug-likeness (QED) is 0.615. The van der Waals surface area contributed by atoms with Crippen LogP contribution in [0.25, 0.3) is 0 Å². The highest BCUT2D eigenvalue weighted by Gasteiger charge is 2.36. The van der Waals surface area contributed by atoms with Gasteiger partial charge in [0.15, 0.2) is 0 Å². The van der Waals surface area contributed by atoms with Gasteiger partial charge in [0, 0.05) is 26.8 Å². The molecule has 16 heavy (non-hydrogen) atoms. The van der Waals surface area contributed by atoms with Gasteiger partial charge in [0.25, 0.3) is 0 Å². The first-order chi connectivity index (χ1) is 7.68. The van der Waals surface area contributed by atoms with Crippen LogP contribution in [0.5, 0.6) is 0 Å². The van der Waals surface area contributed by atoms with Crippen molar-refractivity contribution in [1.82, 2.24) is 5.32 Å². The van der Waals surface area contributed by atoms with Gasteiger partial charge in [-0.25, -0.2) is 0 Å². The van der Waals surface area contributed by atoms with Crippen molar-refractivity contribution < 1.29 is 9.47 Å². The third kappa shape index (κ3) is 4.81. The second kappa shape index (κ2) is 7.25. The average molecular weight is 229 g/mol. The minimum atomic E-state index is 0.137. The molecule has 0 amide bonds. The van der Waals surface area contributed by atoms with Gasteiger partial charge in [-0.3, -0.25) is 0 Å². The highest BCUT2D eigenvalue weighted by Crippen LogP contribution is 2.34. The van der Waals surface area contributed by atoms with Crippen LogP contribution in [-0.2, 0) is 9.47 Å². The number of nitrogens with one attached hydrogen (secondary N) is 1. The number of hydrogen-bond acceptors (Lipinski definition) is 3. The summed E-state index contributed by atoms with van der Waals surface area (Å²) in [6.07, 6.45) is 4.86. The first kappa shape index (κ1) is 13.9. The van der Waals surface area contributed by atoms with Gasteiger partial charge in [-0.15, -0.1) is 0 Å². The fourth-order valence-electron chi connectivity index (χ4n) is 1.91. The van der Waals surface area contributed by atoms with E-state index in [0.717, 1.165) is 38.6 Å². The van der Waals surface area contributed by atoms with Crippen LogP contribution in [0.15, 0.2) is 0 Å². The molecular weight excluding hydrogens is 202 g/mol. The Morgan fingerprint density at radius 2 is 2.00 bits per heavy atom. The zero-order chi connectivity index (χ0) is 11.9. The number of methoxy groups -OCH3 is 1. The fourth-order valence-corrected chi connectivity index (χ4v) is 1.91. The second-order valence-corrected chi connectivity index (χ2v) is 5.21. The molecule has 0 aromatic heterocycles. The summed E-state index contributed by atoms with van der Waals surface area (Å²) in [6.45, 7) is 8.04. The van der Waals surface area contributed by atoms with Crippen LogP contribution in [0.4, 0.5) is 0 Å². The minimum Gasteiger partial charge on any atom is -0.380 e. The normalized spacial score (nSPS) is 18.8. The summed E-state index contributed by atoms with van der Waals surface area (Å²) in [7, 11) is 1.82. The molecule has 1 N–H and O–H groups in total. The summed E-state index contributed by atoms with van der Waals surface area (Å²) in [5.41, 5.74) is 0.137. The minimum absolute atomic E-state index is 0.137. The van der Waals surface area contributed by atoms with E-state index in [-0.39, 0.29) is 5.60 Å². The van der Waals surface area contributed by atoms with Crippen LogP contribution in [0.2, 0.25) is 0 Å². The Morgan fingerprint density at radius 3 is 2.50 bits per heavy atom. The monoisotopic (exact) mass is 229 g/mol. The Hall–Kier alpha value is -0.120. The SMILES string of the molecule is COC1(CNCCOCCC(C)C)CCC1. The smallest absolute Gasteiger partial charge is 0.0802 e. The summed E-state index contributed by atoms with van der Waals surface area (Å²) < 4.78 is 11.1. The summed E-state index contributed by atoms with van der Waals surface area (Å²) in [6, 6.07) is 0. The maximum absolute atomic E-state index is 5.54. The van der Waals surface area contributed by atoms with Gasteiger partial charge in [0.2, 0.25) is 0 Å². The molecule has 0 unspecified atom stereocenters. The van der Waals surface area contributed by atoms with Gasteiger partial charge in [0.05, 0.1) is 12.2 Å². The maximum Gasteiger partial charge on any atom is 0.0802 e. The standard InChI is InChI=1S/C13H27NO2/c1-12(2)5-9-16-10-8-14-11-13(15-3)6-4-7-13/h12,14H,4-11H2,1-3H3. The molecule has 1 rings (SSSR count). The van der Waals surface area contributed by atoms with Crippen LogP contribution in [0.3, 0.4) is 0 Å². The van der Waals surface area contributed by atoms with Crippen molar-refractivity contribution in [3.63, 3.8) is 0 Å². The Balaban J connectivity index is 1.88. The predicted molar refractivity (Wildman–Crippen MR) is 66.7 cm³/mol. The molecule has 0 radical (unpaired) electrons. The van der Waals surface area contributed by atoms with Crippen LogP contribution in [-0.4, -0.2) is 39.0 Å². The largest absolute Gasteiger partial charge is 0.380 e. The van der Waals surface area contributed by atoms with Gasteiger partial charge >= 0.3 is 0 Å². The Labute approximate surface area is 99.9 Å². The molecule has 0 aromatic rings. The molecule has 1 aliphatic carbocycles. The van der Waals surface area contributed by atoms with Crippen molar-refractivity contribution in [2.24, 2.45) is 5.92 Å². The number of rotatable bonds is 9. The van der Waals surface area contributed by atoms with E-state index in [1.165, 1.54) is 19.3 Å². The van der Waals surface area contributed by atoms with Gasteiger partial charge < -0.3 is 14.8 Å². The van der Waals surface area contributed by atoms with E-state index >= 15 is 0 Å². The summed E-state index contributed by atoms with van der Waals surface area (Å²) in [4.78, 5) is 0. The summed E-state index contributed by atoms with van der Waals surface area (Å²) in [5, 5.41) is 3.42. The van der Waals surface area contributed by atoms with E-state index in [0.29, 0.717) is 0 Å². The highest BCUT2D eigenvalue weighted by molar-refractivity contribution is 4.91. The summed E-state index contributed by atoms with van der Waals surface area (Å²) in [5.74, 6) is 0.736. The number of hydrogen-bond donors (Lipinski definition) is 1. The van der Waals surface area contributed by atoms with E-state index in [2.05, 4.69) is 19.2 Å². The summed E-state index contributed by atoms with van der Waals surface area (Å²) >= 11 is 0. The van der Waals surface area contributed by atoms with E-state index < -0.39 is 0 Å². The van der Waals surface area contributed by atoms with Crippen molar-refractivity contribution in [2.45, 2.75) is 45.1 Å². The van der Waals surface area contributed by atoms with E-state index in [1.54, 1.807) is 0 Å². The molecule has 0 heterocycles. The Bertz CT molecular complexity index is 173. The Morgan fingerprint density at radius 1 is 1.25 bits per heavy atom. The Kier molecular flexibility index (Phi) is 6.32.